The highest BCUT2D eigenvalue weighted by Gasteiger charge is 2.21. The number of hydrogen-bond acceptors (Lipinski definition) is 2. The van der Waals surface area contributed by atoms with Crippen LogP contribution in [0, 0.1) is 6.92 Å². The molecule has 0 amide bonds. The number of benzene rings is 1. The standard InChI is InChI=1S/C16H25N3S/c1-12(2)19-9-7-14(8-10-19)17-16(20)18-15-6-4-5-13(3)11-15/h4-6,11-12,14H,7-10H2,1-3H3,(H2,17,18,20). The van der Waals surface area contributed by atoms with Gasteiger partial charge in [-0.3, -0.25) is 0 Å². The molecule has 1 saturated heterocycles. The van der Waals surface area contributed by atoms with E-state index in [1.54, 1.807) is 0 Å². The highest BCUT2D eigenvalue weighted by molar-refractivity contribution is 7.80. The van der Waals surface area contributed by atoms with Gasteiger partial charge in [0, 0.05) is 30.9 Å². The molecule has 3 nitrogen and oxygen atoms in total. The highest BCUT2D eigenvalue weighted by Crippen LogP contribution is 2.14. The van der Waals surface area contributed by atoms with Crippen molar-refractivity contribution in [2.75, 3.05) is 18.4 Å². The normalized spacial score (nSPS) is 17.2. The molecule has 4 heteroatoms. The largest absolute Gasteiger partial charge is 0.360 e. The fourth-order valence-electron chi connectivity index (χ4n) is 2.64. The van der Waals surface area contributed by atoms with Crippen molar-refractivity contribution in [2.24, 2.45) is 0 Å². The average Bonchev–Trinajstić information content (AvgIpc) is 2.39. The number of likely N-dealkylation sites (tertiary alicyclic amines) is 1. The summed E-state index contributed by atoms with van der Waals surface area (Å²) >= 11 is 5.41. The number of thiocarbonyl (C=S) groups is 1. The molecule has 1 heterocycles. The van der Waals surface area contributed by atoms with Crippen molar-refractivity contribution in [3.05, 3.63) is 29.8 Å². The zero-order valence-electron chi connectivity index (χ0n) is 12.6. The molecule has 0 bridgehead atoms. The summed E-state index contributed by atoms with van der Waals surface area (Å²) in [6, 6.07) is 9.42. The van der Waals surface area contributed by atoms with Crippen molar-refractivity contribution < 1.29 is 0 Å². The minimum atomic E-state index is 0.495. The number of hydrogen-bond donors (Lipinski definition) is 2. The molecule has 20 heavy (non-hydrogen) atoms. The van der Waals surface area contributed by atoms with Crippen LogP contribution in [0.5, 0.6) is 0 Å². The first-order valence-corrected chi connectivity index (χ1v) is 7.83. The first-order valence-electron chi connectivity index (χ1n) is 7.43. The molecule has 0 atom stereocenters. The molecule has 1 aliphatic rings. The Morgan fingerprint density at radius 2 is 2.00 bits per heavy atom. The van der Waals surface area contributed by atoms with E-state index >= 15 is 0 Å². The van der Waals surface area contributed by atoms with E-state index in [9.17, 15) is 0 Å². The lowest BCUT2D eigenvalue weighted by Crippen LogP contribution is -2.47. The smallest absolute Gasteiger partial charge is 0.170 e. The van der Waals surface area contributed by atoms with Gasteiger partial charge in [0.25, 0.3) is 0 Å². The van der Waals surface area contributed by atoms with Crippen molar-refractivity contribution >= 4 is 23.0 Å². The van der Waals surface area contributed by atoms with Crippen molar-refractivity contribution in [2.45, 2.75) is 45.7 Å². The van der Waals surface area contributed by atoms with Gasteiger partial charge in [-0.15, -0.1) is 0 Å². The first kappa shape index (κ1) is 15.3. The summed E-state index contributed by atoms with van der Waals surface area (Å²) in [7, 11) is 0. The summed E-state index contributed by atoms with van der Waals surface area (Å²) in [5.41, 5.74) is 2.30. The molecule has 0 spiro atoms. The lowest BCUT2D eigenvalue weighted by molar-refractivity contribution is 0.168. The predicted octanol–water partition coefficient (Wildman–Crippen LogP) is 3.15. The van der Waals surface area contributed by atoms with E-state index in [0.717, 1.165) is 36.7 Å². The molecule has 110 valence electrons. The second-order valence-electron chi connectivity index (χ2n) is 5.87. The van der Waals surface area contributed by atoms with Gasteiger partial charge >= 0.3 is 0 Å². The Bertz CT molecular complexity index is 451. The summed E-state index contributed by atoms with van der Waals surface area (Å²) in [6.07, 6.45) is 2.32. The SMILES string of the molecule is Cc1cccc(NC(=S)NC2CCN(C(C)C)CC2)c1. The minimum absolute atomic E-state index is 0.495. The van der Waals surface area contributed by atoms with Crippen LogP contribution in [0.3, 0.4) is 0 Å². The molecule has 0 aliphatic carbocycles. The third kappa shape index (κ3) is 4.46. The van der Waals surface area contributed by atoms with E-state index in [2.05, 4.69) is 48.4 Å². The second-order valence-corrected chi connectivity index (χ2v) is 6.28. The van der Waals surface area contributed by atoms with Gasteiger partial charge in [-0.2, -0.15) is 0 Å². The van der Waals surface area contributed by atoms with Crippen LogP contribution in [-0.4, -0.2) is 35.2 Å². The molecule has 0 radical (unpaired) electrons. The predicted molar refractivity (Wildman–Crippen MR) is 90.3 cm³/mol. The number of rotatable bonds is 3. The van der Waals surface area contributed by atoms with Crippen molar-refractivity contribution in [3.8, 4) is 0 Å². The van der Waals surface area contributed by atoms with Crippen LogP contribution in [0.15, 0.2) is 24.3 Å². The number of piperidine rings is 1. The average molecular weight is 291 g/mol. The van der Waals surface area contributed by atoms with Crippen LogP contribution in [-0.2, 0) is 0 Å². The summed E-state index contributed by atoms with van der Waals surface area (Å²) in [6.45, 7) is 8.92. The van der Waals surface area contributed by atoms with Crippen LogP contribution < -0.4 is 10.6 Å². The molecule has 0 unspecified atom stereocenters. The summed E-state index contributed by atoms with van der Waals surface area (Å²) < 4.78 is 0. The molecular weight excluding hydrogens is 266 g/mol. The Labute approximate surface area is 127 Å². The lowest BCUT2D eigenvalue weighted by atomic mass is 10.0. The molecule has 0 aromatic heterocycles. The molecular formula is C16H25N3S. The number of nitrogens with one attached hydrogen (secondary N) is 2. The lowest BCUT2D eigenvalue weighted by Gasteiger charge is -2.35. The number of anilines is 1. The van der Waals surface area contributed by atoms with E-state index in [-0.39, 0.29) is 0 Å². The molecule has 1 fully saturated rings. The Morgan fingerprint density at radius 3 is 2.60 bits per heavy atom. The number of aryl methyl sites for hydroxylation is 1. The molecule has 0 saturated carbocycles. The fourth-order valence-corrected chi connectivity index (χ4v) is 2.92. The van der Waals surface area contributed by atoms with Crippen molar-refractivity contribution in [1.29, 1.82) is 0 Å². The minimum Gasteiger partial charge on any atom is -0.360 e. The van der Waals surface area contributed by atoms with Gasteiger partial charge in [0.1, 0.15) is 0 Å². The Hall–Kier alpha value is -1.13. The van der Waals surface area contributed by atoms with Gasteiger partial charge < -0.3 is 15.5 Å². The number of nitrogens with zero attached hydrogens (tertiary/aromatic N) is 1. The van der Waals surface area contributed by atoms with Gasteiger partial charge in [-0.1, -0.05) is 12.1 Å². The molecule has 2 N–H and O–H groups in total. The summed E-state index contributed by atoms with van der Waals surface area (Å²) in [4.78, 5) is 2.52. The van der Waals surface area contributed by atoms with Gasteiger partial charge in [0.05, 0.1) is 0 Å². The zero-order chi connectivity index (χ0) is 14.5. The van der Waals surface area contributed by atoms with E-state index in [1.807, 2.05) is 12.1 Å². The molecule has 1 aromatic carbocycles. The van der Waals surface area contributed by atoms with Gasteiger partial charge in [-0.05, 0) is 63.5 Å². The Morgan fingerprint density at radius 1 is 1.30 bits per heavy atom. The van der Waals surface area contributed by atoms with Crippen LogP contribution >= 0.6 is 12.2 Å². The second kappa shape index (κ2) is 7.04. The van der Waals surface area contributed by atoms with Gasteiger partial charge in [0.15, 0.2) is 5.11 Å². The summed E-state index contributed by atoms with van der Waals surface area (Å²) in [5, 5.41) is 7.45. The third-order valence-electron chi connectivity index (χ3n) is 3.87. The maximum atomic E-state index is 5.41. The Balaban J connectivity index is 1.78. The van der Waals surface area contributed by atoms with E-state index in [4.69, 9.17) is 12.2 Å². The summed E-state index contributed by atoms with van der Waals surface area (Å²) in [5.74, 6) is 0. The van der Waals surface area contributed by atoms with Crippen LogP contribution in [0.2, 0.25) is 0 Å². The first-order chi connectivity index (χ1) is 9.54. The fraction of sp³-hybridized carbons (Fsp3) is 0.562. The van der Waals surface area contributed by atoms with E-state index in [1.165, 1.54) is 5.56 Å². The highest BCUT2D eigenvalue weighted by atomic mass is 32.1. The van der Waals surface area contributed by atoms with Gasteiger partial charge in [0.2, 0.25) is 0 Å². The molecule has 1 aromatic rings. The van der Waals surface area contributed by atoms with E-state index in [0.29, 0.717) is 12.1 Å². The topological polar surface area (TPSA) is 27.3 Å². The van der Waals surface area contributed by atoms with E-state index < -0.39 is 0 Å². The van der Waals surface area contributed by atoms with Gasteiger partial charge in [-0.25, -0.2) is 0 Å². The van der Waals surface area contributed by atoms with Crippen molar-refractivity contribution in [3.63, 3.8) is 0 Å². The van der Waals surface area contributed by atoms with Crippen LogP contribution in [0.25, 0.3) is 0 Å². The Kier molecular flexibility index (Phi) is 5.38. The van der Waals surface area contributed by atoms with Crippen LogP contribution in [0.4, 0.5) is 5.69 Å². The molecule has 2 rings (SSSR count). The zero-order valence-corrected chi connectivity index (χ0v) is 13.5. The van der Waals surface area contributed by atoms with Crippen molar-refractivity contribution in [1.82, 2.24) is 10.2 Å². The maximum absolute atomic E-state index is 5.41. The molecule has 1 aliphatic heterocycles. The third-order valence-corrected chi connectivity index (χ3v) is 4.09. The quantitative estimate of drug-likeness (QED) is 0.837. The van der Waals surface area contributed by atoms with Crippen LogP contribution in [0.1, 0.15) is 32.3 Å². The maximum Gasteiger partial charge on any atom is 0.170 e. The monoisotopic (exact) mass is 291 g/mol.